The van der Waals surface area contributed by atoms with Crippen LogP contribution in [0.3, 0.4) is 0 Å². The molecule has 0 spiro atoms. The van der Waals surface area contributed by atoms with Gasteiger partial charge in [0.1, 0.15) is 0 Å². The van der Waals surface area contributed by atoms with E-state index in [1.165, 1.54) is 39.1 Å². The fourth-order valence-electron chi connectivity index (χ4n) is 1.60. The number of hydrogen-bond acceptors (Lipinski definition) is 3. The molecule has 0 radical (unpaired) electrons. The highest BCUT2D eigenvalue weighted by Crippen LogP contribution is 2.02. The minimum absolute atomic E-state index is 1.18. The summed E-state index contributed by atoms with van der Waals surface area (Å²) in [6.45, 7) is 8.19. The average molecular weight is 171 g/mol. The fraction of sp³-hybridized carbons (Fsp3) is 1.00. The quantitative estimate of drug-likeness (QED) is 0.612. The molecule has 3 heteroatoms. The molecule has 0 aliphatic carbocycles. The Morgan fingerprint density at radius 2 is 1.75 bits per heavy atom. The smallest absolute Gasteiger partial charge is 0.0261 e. The normalized spacial score (nSPS) is 22.0. The van der Waals surface area contributed by atoms with Gasteiger partial charge in [0.2, 0.25) is 0 Å². The van der Waals surface area contributed by atoms with Crippen molar-refractivity contribution in [2.75, 3.05) is 46.8 Å². The lowest BCUT2D eigenvalue weighted by molar-refractivity contribution is -0.0329. The van der Waals surface area contributed by atoms with E-state index in [1.807, 2.05) is 0 Å². The highest BCUT2D eigenvalue weighted by atomic mass is 15.6. The maximum Gasteiger partial charge on any atom is 0.0261 e. The Hall–Kier alpha value is -0.120. The largest absolute Gasteiger partial charge is 0.304 e. The van der Waals surface area contributed by atoms with Crippen molar-refractivity contribution in [1.82, 2.24) is 14.9 Å². The molecule has 0 bridgehead atoms. The van der Waals surface area contributed by atoms with E-state index in [2.05, 4.69) is 35.9 Å². The number of hydrogen-bond donors (Lipinski definition) is 0. The van der Waals surface area contributed by atoms with E-state index in [0.29, 0.717) is 0 Å². The first-order chi connectivity index (χ1) is 5.74. The van der Waals surface area contributed by atoms with Crippen molar-refractivity contribution in [2.24, 2.45) is 0 Å². The van der Waals surface area contributed by atoms with Crippen LogP contribution in [0.25, 0.3) is 0 Å². The van der Waals surface area contributed by atoms with Crippen molar-refractivity contribution in [1.29, 1.82) is 0 Å². The average Bonchev–Trinajstić information content (AvgIpc) is 2.06. The van der Waals surface area contributed by atoms with Crippen LogP contribution in [-0.4, -0.2) is 61.7 Å². The van der Waals surface area contributed by atoms with Crippen LogP contribution in [0.5, 0.6) is 0 Å². The van der Waals surface area contributed by atoms with Crippen LogP contribution < -0.4 is 0 Å². The van der Waals surface area contributed by atoms with Crippen molar-refractivity contribution in [3.8, 4) is 0 Å². The maximum absolute atomic E-state index is 2.45. The van der Waals surface area contributed by atoms with Crippen LogP contribution in [-0.2, 0) is 0 Å². The van der Waals surface area contributed by atoms with Crippen molar-refractivity contribution in [2.45, 2.75) is 13.3 Å². The molecule has 1 saturated heterocycles. The molecular formula is C9H21N3. The zero-order valence-electron chi connectivity index (χ0n) is 8.58. The Bertz CT molecular complexity index is 119. The van der Waals surface area contributed by atoms with Crippen molar-refractivity contribution in [3.05, 3.63) is 0 Å². The maximum atomic E-state index is 2.45. The van der Waals surface area contributed by atoms with E-state index >= 15 is 0 Å². The Morgan fingerprint density at radius 1 is 1.17 bits per heavy atom. The van der Waals surface area contributed by atoms with Crippen molar-refractivity contribution >= 4 is 0 Å². The third-order valence-corrected chi connectivity index (χ3v) is 2.51. The molecule has 1 aliphatic rings. The summed E-state index contributed by atoms with van der Waals surface area (Å²) in [5.74, 6) is 0. The lowest BCUT2D eigenvalue weighted by Gasteiger charge is -2.38. The number of piperazine rings is 1. The molecule has 1 fully saturated rings. The molecule has 0 amide bonds. The van der Waals surface area contributed by atoms with Crippen LogP contribution >= 0.6 is 0 Å². The predicted octanol–water partition coefficient (Wildman–Crippen LogP) is 0.491. The van der Waals surface area contributed by atoms with Crippen molar-refractivity contribution in [3.63, 3.8) is 0 Å². The molecule has 0 saturated carbocycles. The van der Waals surface area contributed by atoms with Gasteiger partial charge in [-0.05, 0) is 13.5 Å². The second-order valence-electron chi connectivity index (χ2n) is 3.64. The highest BCUT2D eigenvalue weighted by Gasteiger charge is 2.16. The van der Waals surface area contributed by atoms with E-state index in [4.69, 9.17) is 0 Å². The van der Waals surface area contributed by atoms with Gasteiger partial charge in [0, 0.05) is 39.8 Å². The molecule has 0 unspecified atom stereocenters. The van der Waals surface area contributed by atoms with Crippen LogP contribution in [0, 0.1) is 0 Å². The van der Waals surface area contributed by atoms with Gasteiger partial charge in [-0.15, -0.1) is 0 Å². The van der Waals surface area contributed by atoms with Crippen LogP contribution in [0.2, 0.25) is 0 Å². The Morgan fingerprint density at radius 3 is 2.25 bits per heavy atom. The minimum Gasteiger partial charge on any atom is -0.304 e. The first kappa shape index (κ1) is 9.96. The van der Waals surface area contributed by atoms with E-state index in [-0.39, 0.29) is 0 Å². The summed E-state index contributed by atoms with van der Waals surface area (Å²) in [5, 5.41) is 4.80. The van der Waals surface area contributed by atoms with Gasteiger partial charge in [0.05, 0.1) is 0 Å². The lowest BCUT2D eigenvalue weighted by Crippen LogP contribution is -2.51. The first-order valence-corrected chi connectivity index (χ1v) is 4.88. The third-order valence-electron chi connectivity index (χ3n) is 2.51. The van der Waals surface area contributed by atoms with Gasteiger partial charge in [0.15, 0.2) is 0 Å². The molecule has 0 aromatic carbocycles. The Kier molecular flexibility index (Phi) is 3.98. The van der Waals surface area contributed by atoms with Gasteiger partial charge in [-0.1, -0.05) is 6.92 Å². The molecule has 1 aliphatic heterocycles. The highest BCUT2D eigenvalue weighted by molar-refractivity contribution is 4.66. The molecule has 0 atom stereocenters. The standard InChI is InChI=1S/C9H21N3/c1-4-5-11(3)12-8-6-10(2)7-9-12/h4-9H2,1-3H3. The second-order valence-corrected chi connectivity index (χ2v) is 3.64. The summed E-state index contributed by atoms with van der Waals surface area (Å²) < 4.78 is 0. The number of rotatable bonds is 3. The topological polar surface area (TPSA) is 9.72 Å². The lowest BCUT2D eigenvalue weighted by atomic mass is 10.4. The third kappa shape index (κ3) is 2.73. The summed E-state index contributed by atoms with van der Waals surface area (Å²) in [6, 6.07) is 0. The van der Waals surface area contributed by atoms with E-state index in [0.717, 1.165) is 0 Å². The summed E-state index contributed by atoms with van der Waals surface area (Å²) in [4.78, 5) is 2.39. The molecule has 1 rings (SSSR count). The second kappa shape index (κ2) is 4.80. The van der Waals surface area contributed by atoms with Crippen molar-refractivity contribution < 1.29 is 0 Å². The molecule has 12 heavy (non-hydrogen) atoms. The van der Waals surface area contributed by atoms with Crippen LogP contribution in [0.1, 0.15) is 13.3 Å². The SMILES string of the molecule is CCCN(C)N1CCN(C)CC1. The molecule has 0 aromatic heterocycles. The van der Waals surface area contributed by atoms with Gasteiger partial charge < -0.3 is 4.90 Å². The van der Waals surface area contributed by atoms with E-state index in [9.17, 15) is 0 Å². The van der Waals surface area contributed by atoms with Gasteiger partial charge in [0.25, 0.3) is 0 Å². The van der Waals surface area contributed by atoms with Crippen LogP contribution in [0.4, 0.5) is 0 Å². The number of hydrazine groups is 1. The monoisotopic (exact) mass is 171 g/mol. The molecular weight excluding hydrogens is 150 g/mol. The summed E-state index contributed by atoms with van der Waals surface area (Å²) in [7, 11) is 4.38. The van der Waals surface area contributed by atoms with Crippen LogP contribution in [0.15, 0.2) is 0 Å². The summed E-state index contributed by atoms with van der Waals surface area (Å²) in [5.41, 5.74) is 0. The number of nitrogens with zero attached hydrogens (tertiary/aromatic N) is 3. The first-order valence-electron chi connectivity index (χ1n) is 4.88. The summed E-state index contributed by atoms with van der Waals surface area (Å²) in [6.07, 6.45) is 1.24. The van der Waals surface area contributed by atoms with Gasteiger partial charge in [-0.25, -0.2) is 10.0 Å². The minimum atomic E-state index is 1.18. The van der Waals surface area contributed by atoms with Gasteiger partial charge in [-0.2, -0.15) is 0 Å². The Labute approximate surface area is 75.9 Å². The van der Waals surface area contributed by atoms with Gasteiger partial charge >= 0.3 is 0 Å². The molecule has 0 N–H and O–H groups in total. The zero-order valence-corrected chi connectivity index (χ0v) is 8.58. The zero-order chi connectivity index (χ0) is 8.97. The predicted molar refractivity (Wildman–Crippen MR) is 52.0 cm³/mol. The number of likely N-dealkylation sites (N-methyl/N-ethyl adjacent to an activating group) is 1. The van der Waals surface area contributed by atoms with E-state index in [1.54, 1.807) is 0 Å². The molecule has 3 nitrogen and oxygen atoms in total. The van der Waals surface area contributed by atoms with Gasteiger partial charge in [-0.3, -0.25) is 0 Å². The molecule has 1 heterocycles. The van der Waals surface area contributed by atoms with E-state index < -0.39 is 0 Å². The molecule has 72 valence electrons. The summed E-state index contributed by atoms with van der Waals surface area (Å²) >= 11 is 0. The Balaban J connectivity index is 2.24. The fourth-order valence-corrected chi connectivity index (χ4v) is 1.60. The molecule has 0 aromatic rings.